The molecule has 0 spiro atoms. The first-order chi connectivity index (χ1) is 18.7. The molecule has 0 unspecified atom stereocenters. The number of aliphatic hydroxyl groups is 1. The highest BCUT2D eigenvalue weighted by Gasteiger charge is 2.59. The quantitative estimate of drug-likeness (QED) is 0.304. The average molecular weight is 607 g/mol. The van der Waals surface area contributed by atoms with Gasteiger partial charge in [-0.1, -0.05) is 23.2 Å². The van der Waals surface area contributed by atoms with E-state index in [1.807, 2.05) is 0 Å². The van der Waals surface area contributed by atoms with Gasteiger partial charge in [0.1, 0.15) is 17.2 Å². The molecular weight excluding hydrogens is 582 g/mol. The smallest absolute Gasteiger partial charge is 0.391 e. The van der Waals surface area contributed by atoms with Gasteiger partial charge in [-0.3, -0.25) is 9.59 Å². The molecule has 3 aliphatic carbocycles. The number of aliphatic hydroxyl groups excluding tert-OH is 1. The van der Waals surface area contributed by atoms with Gasteiger partial charge in [-0.25, -0.2) is 18.7 Å². The molecular formula is C26H25Cl2F5N4O3. The summed E-state index contributed by atoms with van der Waals surface area (Å²) < 4.78 is 69.1. The van der Waals surface area contributed by atoms with Crippen LogP contribution in [0.5, 0.6) is 0 Å². The zero-order chi connectivity index (χ0) is 29.0. The summed E-state index contributed by atoms with van der Waals surface area (Å²) in [4.78, 5) is 32.4. The summed E-state index contributed by atoms with van der Waals surface area (Å²) in [6.07, 6.45) is -3.90. The van der Waals surface area contributed by atoms with E-state index in [1.54, 1.807) is 0 Å². The van der Waals surface area contributed by atoms with E-state index in [0.717, 1.165) is 18.3 Å². The van der Waals surface area contributed by atoms with Crippen molar-refractivity contribution in [2.45, 2.75) is 75.0 Å². The van der Waals surface area contributed by atoms with Crippen molar-refractivity contribution in [2.75, 3.05) is 0 Å². The number of rotatable bonds is 6. The summed E-state index contributed by atoms with van der Waals surface area (Å²) in [5.41, 5.74) is -2.77. The number of amides is 2. The van der Waals surface area contributed by atoms with Gasteiger partial charge in [0.2, 0.25) is 11.7 Å². The molecule has 2 bridgehead atoms. The van der Waals surface area contributed by atoms with Crippen molar-refractivity contribution >= 4 is 35.0 Å². The first-order valence-corrected chi connectivity index (χ1v) is 13.5. The zero-order valence-electron chi connectivity index (χ0n) is 20.9. The largest absolute Gasteiger partial charge is 0.451 e. The first-order valence-electron chi connectivity index (χ1n) is 12.7. The molecule has 3 N–H and O–H groups in total. The van der Waals surface area contributed by atoms with Gasteiger partial charge in [0.25, 0.3) is 5.91 Å². The summed E-state index contributed by atoms with van der Waals surface area (Å²) in [5, 5.41) is 15.8. The number of nitrogens with zero attached hydrogens (tertiary/aromatic N) is 2. The number of alkyl halides is 4. The van der Waals surface area contributed by atoms with Crippen molar-refractivity contribution in [1.82, 2.24) is 20.6 Å². The van der Waals surface area contributed by atoms with E-state index >= 15 is 8.78 Å². The molecule has 5 rings (SSSR count). The summed E-state index contributed by atoms with van der Waals surface area (Å²) in [5.74, 6) is -4.56. The third kappa shape index (κ3) is 5.37. The average Bonchev–Trinajstić information content (AvgIpc) is 3.56. The van der Waals surface area contributed by atoms with Crippen LogP contribution in [-0.4, -0.2) is 44.7 Å². The minimum Gasteiger partial charge on any atom is -0.391 e. The van der Waals surface area contributed by atoms with Crippen molar-refractivity contribution in [3.05, 3.63) is 57.3 Å². The van der Waals surface area contributed by atoms with Crippen LogP contribution in [-0.2, 0) is 11.0 Å². The number of fused-ring (bicyclic) bond motifs is 2. The number of benzene rings is 1. The Morgan fingerprint density at radius 3 is 2.42 bits per heavy atom. The minimum atomic E-state index is -4.85. The van der Waals surface area contributed by atoms with Crippen LogP contribution in [0.15, 0.2) is 24.4 Å². The van der Waals surface area contributed by atoms with E-state index in [2.05, 4.69) is 20.6 Å². The Morgan fingerprint density at radius 2 is 1.80 bits per heavy atom. The molecule has 0 saturated heterocycles. The van der Waals surface area contributed by atoms with Gasteiger partial charge in [0.05, 0.1) is 28.2 Å². The van der Waals surface area contributed by atoms with Crippen molar-refractivity contribution in [2.24, 2.45) is 11.3 Å². The van der Waals surface area contributed by atoms with Crippen LogP contribution in [0.2, 0.25) is 10.0 Å². The molecule has 4 atom stereocenters. The Morgan fingerprint density at radius 1 is 1.10 bits per heavy atom. The van der Waals surface area contributed by atoms with Gasteiger partial charge in [-0.15, -0.1) is 0 Å². The van der Waals surface area contributed by atoms with Crippen LogP contribution < -0.4 is 10.6 Å². The molecule has 7 nitrogen and oxygen atoms in total. The molecule has 2 amide bonds. The van der Waals surface area contributed by atoms with E-state index < -0.39 is 70.5 Å². The molecule has 2 aromatic rings. The number of hydrogen-bond donors (Lipinski definition) is 3. The molecule has 1 aromatic carbocycles. The van der Waals surface area contributed by atoms with Gasteiger partial charge in [0.15, 0.2) is 0 Å². The number of halogens is 7. The topological polar surface area (TPSA) is 104 Å². The lowest BCUT2D eigenvalue weighted by molar-refractivity contribution is -0.145. The number of hydrogen-bond acceptors (Lipinski definition) is 5. The molecule has 40 heavy (non-hydrogen) atoms. The number of carbonyl (C=O) groups excluding carboxylic acids is 2. The van der Waals surface area contributed by atoms with Crippen molar-refractivity contribution < 1.29 is 36.6 Å². The highest BCUT2D eigenvalue weighted by molar-refractivity contribution is 6.42. The lowest BCUT2D eigenvalue weighted by atomic mass is 9.74. The fourth-order valence-electron chi connectivity index (χ4n) is 6.42. The lowest BCUT2D eigenvalue weighted by Gasteiger charge is -2.38. The number of aromatic nitrogens is 2. The molecule has 0 aliphatic heterocycles. The van der Waals surface area contributed by atoms with E-state index in [-0.39, 0.29) is 47.7 Å². The highest BCUT2D eigenvalue weighted by Crippen LogP contribution is 2.64. The highest BCUT2D eigenvalue weighted by atomic mass is 35.5. The standard InChI is InChI=1S/C26H25Cl2F5N4O3/c27-13-1-2-14(29)18(19(13)28)20(24-4-6-25(30,11-24)7-5-24)37-21(39)12-9-16(17(38)10-12)35-22(40)15-3-8-34-23(36-15)26(31,32)33/h1-3,8,12,16-17,20,38H,4-7,9-11H2,(H,35,40)(H,37,39)/t12-,16-,17+,20+,24?,25?/m0/s1. The summed E-state index contributed by atoms with van der Waals surface area (Å²) in [6, 6.07) is 1.47. The second kappa shape index (κ2) is 10.4. The fraction of sp³-hybridized carbons (Fsp3) is 0.538. The Bertz CT molecular complexity index is 1340. The summed E-state index contributed by atoms with van der Waals surface area (Å²) in [6.45, 7) is 0. The predicted molar refractivity (Wildman–Crippen MR) is 134 cm³/mol. The van der Waals surface area contributed by atoms with Crippen LogP contribution in [0.4, 0.5) is 22.0 Å². The van der Waals surface area contributed by atoms with Crippen molar-refractivity contribution in [3.63, 3.8) is 0 Å². The van der Waals surface area contributed by atoms with E-state index in [9.17, 15) is 27.9 Å². The third-order valence-electron chi connectivity index (χ3n) is 8.44. The number of carbonyl (C=O) groups is 2. The van der Waals surface area contributed by atoms with E-state index in [0.29, 0.717) is 12.8 Å². The van der Waals surface area contributed by atoms with Crippen molar-refractivity contribution in [3.8, 4) is 0 Å². The minimum absolute atomic E-state index is 0.0266. The lowest BCUT2D eigenvalue weighted by Crippen LogP contribution is -2.42. The Kier molecular flexibility index (Phi) is 7.50. The van der Waals surface area contributed by atoms with Crippen LogP contribution in [0.25, 0.3) is 0 Å². The molecule has 1 heterocycles. The second-order valence-electron chi connectivity index (χ2n) is 11.0. The molecule has 0 radical (unpaired) electrons. The predicted octanol–water partition coefficient (Wildman–Crippen LogP) is 5.34. The Hall–Kier alpha value is -2.57. The maximum Gasteiger partial charge on any atom is 0.451 e. The molecule has 3 aliphatic rings. The van der Waals surface area contributed by atoms with Gasteiger partial charge < -0.3 is 15.7 Å². The maximum absolute atomic E-state index is 15.2. The molecule has 3 fully saturated rings. The molecule has 1 aromatic heterocycles. The van der Waals surface area contributed by atoms with E-state index in [4.69, 9.17) is 23.2 Å². The monoisotopic (exact) mass is 606 g/mol. The van der Waals surface area contributed by atoms with Crippen LogP contribution >= 0.6 is 23.2 Å². The zero-order valence-corrected chi connectivity index (χ0v) is 22.4. The van der Waals surface area contributed by atoms with Crippen LogP contribution in [0.3, 0.4) is 0 Å². The maximum atomic E-state index is 15.2. The SMILES string of the molecule is O=C(N[C@H]1C[C@H](C(=O)N[C@H](c2c(F)ccc(Cl)c2Cl)C23CCC(F)(CC2)C3)C[C@H]1O)c1ccnc(C(F)(F)F)n1. The van der Waals surface area contributed by atoms with Gasteiger partial charge in [-0.2, -0.15) is 13.2 Å². The summed E-state index contributed by atoms with van der Waals surface area (Å²) >= 11 is 12.6. The van der Waals surface area contributed by atoms with Gasteiger partial charge in [0, 0.05) is 17.7 Å². The normalized spacial score (nSPS) is 30.4. The van der Waals surface area contributed by atoms with Gasteiger partial charge in [-0.05, 0) is 68.6 Å². The van der Waals surface area contributed by atoms with Crippen LogP contribution in [0.1, 0.15) is 72.9 Å². The summed E-state index contributed by atoms with van der Waals surface area (Å²) in [7, 11) is 0. The Balaban J connectivity index is 1.33. The number of nitrogens with one attached hydrogen (secondary N) is 2. The third-order valence-corrected chi connectivity index (χ3v) is 9.25. The van der Waals surface area contributed by atoms with Crippen LogP contribution in [0, 0.1) is 17.2 Å². The van der Waals surface area contributed by atoms with E-state index in [1.165, 1.54) is 6.07 Å². The molecule has 3 saturated carbocycles. The first kappa shape index (κ1) is 28.9. The second-order valence-corrected chi connectivity index (χ2v) is 11.8. The van der Waals surface area contributed by atoms with Gasteiger partial charge >= 0.3 is 6.18 Å². The fourth-order valence-corrected chi connectivity index (χ4v) is 6.85. The Labute approximate surface area is 235 Å². The molecule has 14 heteroatoms. The van der Waals surface area contributed by atoms with Crippen molar-refractivity contribution in [1.29, 1.82) is 0 Å². The molecule has 216 valence electrons.